The van der Waals surface area contributed by atoms with Gasteiger partial charge in [-0.25, -0.2) is 4.68 Å². The summed E-state index contributed by atoms with van der Waals surface area (Å²) in [6, 6.07) is 6.06. The minimum absolute atomic E-state index is 0.0227. The molecule has 0 saturated heterocycles. The van der Waals surface area contributed by atoms with E-state index in [2.05, 4.69) is 33.4 Å². The zero-order valence-corrected chi connectivity index (χ0v) is 14.9. The van der Waals surface area contributed by atoms with E-state index < -0.39 is 0 Å². The van der Waals surface area contributed by atoms with Crippen molar-refractivity contribution < 1.29 is 0 Å². The minimum atomic E-state index is -0.0227. The number of rotatable bonds is 5. The molecule has 0 spiro atoms. The first-order chi connectivity index (χ1) is 9.54. The maximum absolute atomic E-state index is 12.5. The van der Waals surface area contributed by atoms with Crippen LogP contribution in [0.15, 0.2) is 32.5 Å². The van der Waals surface area contributed by atoms with Crippen molar-refractivity contribution in [3.63, 3.8) is 0 Å². The summed E-state index contributed by atoms with van der Waals surface area (Å²) in [6.45, 7) is 3.92. The summed E-state index contributed by atoms with van der Waals surface area (Å²) in [5.41, 5.74) is -0.0227. The van der Waals surface area contributed by atoms with Crippen LogP contribution in [0.3, 0.4) is 0 Å². The Balaban J connectivity index is 2.49. The number of thioether (sulfide) groups is 2. The summed E-state index contributed by atoms with van der Waals surface area (Å²) in [4.78, 5) is 13.6. The third-order valence-electron chi connectivity index (χ3n) is 2.89. The van der Waals surface area contributed by atoms with Gasteiger partial charge in [-0.15, -0.1) is 11.8 Å². The maximum atomic E-state index is 12.5. The lowest BCUT2D eigenvalue weighted by Gasteiger charge is -2.11. The van der Waals surface area contributed by atoms with E-state index in [1.807, 2.05) is 37.7 Å². The van der Waals surface area contributed by atoms with Gasteiger partial charge < -0.3 is 0 Å². The Bertz CT molecular complexity index is 670. The molecule has 20 heavy (non-hydrogen) atoms. The molecule has 2 rings (SSSR count). The topological polar surface area (TPSA) is 34.9 Å². The second-order valence-electron chi connectivity index (χ2n) is 4.68. The van der Waals surface area contributed by atoms with Gasteiger partial charge in [0.25, 0.3) is 5.56 Å². The fourth-order valence-electron chi connectivity index (χ4n) is 1.88. The van der Waals surface area contributed by atoms with Gasteiger partial charge in [0.05, 0.1) is 11.4 Å². The zero-order valence-electron chi connectivity index (χ0n) is 11.7. The van der Waals surface area contributed by atoms with Crippen molar-refractivity contribution in [1.29, 1.82) is 0 Å². The average molecular weight is 373 g/mol. The van der Waals surface area contributed by atoms with Crippen LogP contribution >= 0.6 is 39.5 Å². The molecule has 0 bridgehead atoms. The van der Waals surface area contributed by atoms with Crippen LogP contribution in [0.1, 0.15) is 19.9 Å². The Morgan fingerprint density at radius 1 is 1.30 bits per heavy atom. The van der Waals surface area contributed by atoms with E-state index >= 15 is 0 Å². The summed E-state index contributed by atoms with van der Waals surface area (Å²) < 4.78 is 2.25. The van der Waals surface area contributed by atoms with Gasteiger partial charge in [0.2, 0.25) is 0 Å². The molecule has 0 fully saturated rings. The summed E-state index contributed by atoms with van der Waals surface area (Å²) in [5, 5.41) is 5.92. The molecular weight excluding hydrogens is 356 g/mol. The first-order valence-electron chi connectivity index (χ1n) is 6.38. The molecule has 1 aromatic heterocycles. The van der Waals surface area contributed by atoms with Gasteiger partial charge in [-0.3, -0.25) is 4.79 Å². The number of hydrogen-bond donors (Lipinski definition) is 0. The fourth-order valence-corrected chi connectivity index (χ4v) is 4.00. The van der Waals surface area contributed by atoms with Crippen molar-refractivity contribution in [2.24, 2.45) is 0 Å². The van der Waals surface area contributed by atoms with Gasteiger partial charge in [-0.2, -0.15) is 16.9 Å². The number of benzene rings is 1. The summed E-state index contributed by atoms with van der Waals surface area (Å²) >= 11 is 7.07. The van der Waals surface area contributed by atoms with Crippen LogP contribution in [0.5, 0.6) is 0 Å². The standard InChI is InChI=1S/C14H17BrN2OS2/c1-9(2)17-14(18)12-8-10(20-7-6-19-3)4-5-11(12)13(15)16-17/h4-5,8-9H,6-7H2,1-3H3. The quantitative estimate of drug-likeness (QED) is 0.581. The Kier molecular flexibility index (Phi) is 5.57. The summed E-state index contributed by atoms with van der Waals surface area (Å²) in [5.74, 6) is 2.16. The van der Waals surface area contributed by atoms with Crippen LogP contribution < -0.4 is 5.56 Å². The number of fused-ring (bicyclic) bond motifs is 1. The van der Waals surface area contributed by atoms with Gasteiger partial charge in [0, 0.05) is 21.8 Å². The number of aromatic nitrogens is 2. The van der Waals surface area contributed by atoms with Gasteiger partial charge in [0.1, 0.15) is 4.60 Å². The molecule has 0 aliphatic rings. The van der Waals surface area contributed by atoms with Crippen molar-refractivity contribution in [2.75, 3.05) is 17.8 Å². The SMILES string of the molecule is CSCCSc1ccc2c(Br)nn(C(C)C)c(=O)c2c1. The predicted octanol–water partition coefficient (Wildman–Crippen LogP) is 4.20. The lowest BCUT2D eigenvalue weighted by Crippen LogP contribution is -2.25. The highest BCUT2D eigenvalue weighted by Gasteiger charge is 2.11. The largest absolute Gasteiger partial charge is 0.274 e. The third kappa shape index (κ3) is 3.40. The molecule has 0 N–H and O–H groups in total. The summed E-state index contributed by atoms with van der Waals surface area (Å²) in [6.07, 6.45) is 2.10. The smallest absolute Gasteiger partial charge is 0.267 e. The Hall–Kier alpha value is -0.460. The first kappa shape index (κ1) is 15.9. The normalized spacial score (nSPS) is 11.4. The van der Waals surface area contributed by atoms with E-state index in [0.29, 0.717) is 0 Å². The molecule has 108 valence electrons. The molecular formula is C14H17BrN2OS2. The van der Waals surface area contributed by atoms with Crippen molar-refractivity contribution in [3.05, 3.63) is 33.2 Å². The molecule has 0 amide bonds. The van der Waals surface area contributed by atoms with E-state index in [9.17, 15) is 4.79 Å². The highest BCUT2D eigenvalue weighted by atomic mass is 79.9. The molecule has 0 radical (unpaired) electrons. The molecule has 0 aliphatic heterocycles. The molecule has 6 heteroatoms. The van der Waals surface area contributed by atoms with Gasteiger partial charge in [-0.1, -0.05) is 6.07 Å². The molecule has 0 aliphatic carbocycles. The van der Waals surface area contributed by atoms with Crippen molar-refractivity contribution in [3.8, 4) is 0 Å². The van der Waals surface area contributed by atoms with Gasteiger partial charge in [-0.05, 0) is 48.2 Å². The van der Waals surface area contributed by atoms with E-state index in [-0.39, 0.29) is 11.6 Å². The third-order valence-corrected chi connectivity index (χ3v) is 5.34. The molecule has 0 saturated carbocycles. The molecule has 1 aromatic carbocycles. The Morgan fingerprint density at radius 3 is 2.70 bits per heavy atom. The number of halogens is 1. The van der Waals surface area contributed by atoms with Gasteiger partial charge >= 0.3 is 0 Å². The monoisotopic (exact) mass is 372 g/mol. The van der Waals surface area contributed by atoms with Crippen LogP contribution in [-0.2, 0) is 0 Å². The Labute approximate surface area is 135 Å². The van der Waals surface area contributed by atoms with E-state index in [0.717, 1.165) is 31.8 Å². The zero-order chi connectivity index (χ0) is 14.7. The maximum Gasteiger partial charge on any atom is 0.274 e. The van der Waals surface area contributed by atoms with Crippen LogP contribution in [0.25, 0.3) is 10.8 Å². The van der Waals surface area contributed by atoms with Crippen LogP contribution in [-0.4, -0.2) is 27.5 Å². The highest BCUT2D eigenvalue weighted by Crippen LogP contribution is 2.26. The molecule has 0 atom stereocenters. The van der Waals surface area contributed by atoms with Crippen LogP contribution in [0.2, 0.25) is 0 Å². The fraction of sp³-hybridized carbons (Fsp3) is 0.429. The molecule has 3 nitrogen and oxygen atoms in total. The second kappa shape index (κ2) is 7.00. The molecule has 0 unspecified atom stereocenters. The molecule has 2 aromatic rings. The Morgan fingerprint density at radius 2 is 2.05 bits per heavy atom. The van der Waals surface area contributed by atoms with E-state index in [1.165, 1.54) is 4.68 Å². The first-order valence-corrected chi connectivity index (χ1v) is 9.55. The second-order valence-corrected chi connectivity index (χ2v) is 7.59. The van der Waals surface area contributed by atoms with Crippen LogP contribution in [0, 0.1) is 0 Å². The summed E-state index contributed by atoms with van der Waals surface area (Å²) in [7, 11) is 0. The number of nitrogens with zero attached hydrogens (tertiary/aromatic N) is 2. The van der Waals surface area contributed by atoms with E-state index in [4.69, 9.17) is 0 Å². The van der Waals surface area contributed by atoms with Crippen molar-refractivity contribution in [2.45, 2.75) is 24.8 Å². The average Bonchev–Trinajstić information content (AvgIpc) is 2.42. The lowest BCUT2D eigenvalue weighted by molar-refractivity contribution is 0.503. The highest BCUT2D eigenvalue weighted by molar-refractivity contribution is 9.10. The lowest BCUT2D eigenvalue weighted by atomic mass is 10.2. The van der Waals surface area contributed by atoms with Crippen molar-refractivity contribution in [1.82, 2.24) is 9.78 Å². The minimum Gasteiger partial charge on any atom is -0.267 e. The van der Waals surface area contributed by atoms with Crippen LogP contribution in [0.4, 0.5) is 0 Å². The van der Waals surface area contributed by atoms with Gasteiger partial charge in [0.15, 0.2) is 0 Å². The van der Waals surface area contributed by atoms with E-state index in [1.54, 1.807) is 11.8 Å². The predicted molar refractivity (Wildman–Crippen MR) is 93.2 cm³/mol. The molecule has 1 heterocycles. The van der Waals surface area contributed by atoms with Crippen molar-refractivity contribution >= 4 is 50.2 Å². The number of hydrogen-bond acceptors (Lipinski definition) is 4.